The van der Waals surface area contributed by atoms with E-state index in [1.807, 2.05) is 44.2 Å². The molecule has 0 saturated carbocycles. The maximum absolute atomic E-state index is 12.3. The Morgan fingerprint density at radius 1 is 1.20 bits per heavy atom. The van der Waals surface area contributed by atoms with Crippen molar-refractivity contribution in [3.63, 3.8) is 0 Å². The van der Waals surface area contributed by atoms with Gasteiger partial charge in [-0.2, -0.15) is 5.10 Å². The molecule has 3 aromatic rings. The van der Waals surface area contributed by atoms with Crippen LogP contribution < -0.4 is 5.32 Å². The predicted octanol–water partition coefficient (Wildman–Crippen LogP) is 4.27. The Morgan fingerprint density at radius 2 is 1.96 bits per heavy atom. The molecule has 2 heterocycles. The first kappa shape index (κ1) is 17.5. The summed E-state index contributed by atoms with van der Waals surface area (Å²) in [6.45, 7) is 3.93. The largest absolute Gasteiger partial charge is 0.310 e. The van der Waals surface area contributed by atoms with Crippen molar-refractivity contribution in [1.82, 2.24) is 14.8 Å². The molecule has 0 bridgehead atoms. The standard InChI is InChI=1S/C18H17ClN4OS/c1-12-3-6-15(7-4-12)23-16(9-13(2)22-23)21-17(24)11-25-18-8-5-14(19)10-20-18/h3-10H,11H2,1-2H3,(H,21,24). The molecular formula is C18H17ClN4OS. The summed E-state index contributed by atoms with van der Waals surface area (Å²) in [5, 5.41) is 8.70. The first-order valence-corrected chi connectivity index (χ1v) is 9.05. The zero-order chi connectivity index (χ0) is 17.8. The van der Waals surface area contributed by atoms with E-state index in [0.29, 0.717) is 10.8 Å². The number of nitrogens with zero attached hydrogens (tertiary/aromatic N) is 3. The van der Waals surface area contributed by atoms with Gasteiger partial charge in [0.25, 0.3) is 0 Å². The summed E-state index contributed by atoms with van der Waals surface area (Å²) in [5.74, 6) is 0.790. The van der Waals surface area contributed by atoms with Crippen LogP contribution in [0.4, 0.5) is 5.82 Å². The Balaban J connectivity index is 1.69. The van der Waals surface area contributed by atoms with Crippen LogP contribution in [0.25, 0.3) is 5.69 Å². The lowest BCUT2D eigenvalue weighted by Crippen LogP contribution is -2.17. The molecule has 0 aliphatic carbocycles. The number of anilines is 1. The monoisotopic (exact) mass is 372 g/mol. The van der Waals surface area contributed by atoms with Gasteiger partial charge in [0.15, 0.2) is 0 Å². The number of aromatic nitrogens is 3. The number of aryl methyl sites for hydroxylation is 2. The molecule has 0 unspecified atom stereocenters. The number of hydrogen-bond donors (Lipinski definition) is 1. The molecule has 0 fully saturated rings. The normalized spacial score (nSPS) is 10.7. The van der Waals surface area contributed by atoms with E-state index in [-0.39, 0.29) is 11.7 Å². The van der Waals surface area contributed by atoms with Crippen LogP contribution >= 0.6 is 23.4 Å². The molecule has 0 atom stereocenters. The average Bonchev–Trinajstić information content (AvgIpc) is 2.95. The van der Waals surface area contributed by atoms with Crippen LogP contribution in [0.1, 0.15) is 11.3 Å². The first-order chi connectivity index (χ1) is 12.0. The van der Waals surface area contributed by atoms with Crippen LogP contribution in [0.5, 0.6) is 0 Å². The number of pyridine rings is 1. The van der Waals surface area contributed by atoms with Crippen LogP contribution in [0.15, 0.2) is 53.7 Å². The van der Waals surface area contributed by atoms with E-state index in [2.05, 4.69) is 15.4 Å². The summed E-state index contributed by atoms with van der Waals surface area (Å²) in [7, 11) is 0. The average molecular weight is 373 g/mol. The van der Waals surface area contributed by atoms with Gasteiger partial charge >= 0.3 is 0 Å². The number of nitrogens with one attached hydrogen (secondary N) is 1. The summed E-state index contributed by atoms with van der Waals surface area (Å²) in [6, 6.07) is 13.4. The third-order valence-corrected chi connectivity index (χ3v) is 4.60. The van der Waals surface area contributed by atoms with Crippen molar-refractivity contribution in [1.29, 1.82) is 0 Å². The summed E-state index contributed by atoms with van der Waals surface area (Å²) >= 11 is 7.16. The highest BCUT2D eigenvalue weighted by atomic mass is 35.5. The van der Waals surface area contributed by atoms with E-state index < -0.39 is 0 Å². The number of hydrogen-bond acceptors (Lipinski definition) is 4. The van der Waals surface area contributed by atoms with Crippen molar-refractivity contribution in [3.8, 4) is 5.69 Å². The molecule has 0 spiro atoms. The molecular weight excluding hydrogens is 356 g/mol. The first-order valence-electron chi connectivity index (χ1n) is 7.69. The van der Waals surface area contributed by atoms with Gasteiger partial charge in [0, 0.05) is 12.3 Å². The highest BCUT2D eigenvalue weighted by molar-refractivity contribution is 7.99. The van der Waals surface area contributed by atoms with Crippen molar-refractivity contribution in [2.24, 2.45) is 0 Å². The smallest absolute Gasteiger partial charge is 0.235 e. The van der Waals surface area contributed by atoms with Crippen LogP contribution in [-0.2, 0) is 4.79 Å². The van der Waals surface area contributed by atoms with Gasteiger partial charge in [-0.25, -0.2) is 9.67 Å². The summed E-state index contributed by atoms with van der Waals surface area (Å²) in [5.41, 5.74) is 2.91. The van der Waals surface area contributed by atoms with Crippen LogP contribution in [0.2, 0.25) is 5.02 Å². The fourth-order valence-corrected chi connectivity index (χ4v) is 2.99. The molecule has 0 aliphatic heterocycles. The van der Waals surface area contributed by atoms with E-state index in [4.69, 9.17) is 11.6 Å². The fraction of sp³-hybridized carbons (Fsp3) is 0.167. The molecule has 5 nitrogen and oxygen atoms in total. The molecule has 0 aliphatic rings. The number of halogens is 1. The van der Waals surface area contributed by atoms with E-state index in [1.165, 1.54) is 17.3 Å². The number of carbonyl (C=O) groups excluding carboxylic acids is 1. The lowest BCUT2D eigenvalue weighted by Gasteiger charge is -2.09. The SMILES string of the molecule is Cc1ccc(-n2nc(C)cc2NC(=O)CSc2ccc(Cl)cn2)cc1. The maximum Gasteiger partial charge on any atom is 0.235 e. The van der Waals surface area contributed by atoms with Crippen molar-refractivity contribution in [2.45, 2.75) is 18.9 Å². The van der Waals surface area contributed by atoms with E-state index in [9.17, 15) is 4.79 Å². The maximum atomic E-state index is 12.3. The summed E-state index contributed by atoms with van der Waals surface area (Å²) < 4.78 is 1.73. The lowest BCUT2D eigenvalue weighted by molar-refractivity contribution is -0.113. The molecule has 25 heavy (non-hydrogen) atoms. The van der Waals surface area contributed by atoms with Gasteiger partial charge in [-0.1, -0.05) is 41.1 Å². The number of carbonyl (C=O) groups is 1. The Bertz CT molecular complexity index is 875. The van der Waals surface area contributed by atoms with Crippen molar-refractivity contribution in [2.75, 3.05) is 11.1 Å². The highest BCUT2D eigenvalue weighted by Crippen LogP contribution is 2.20. The molecule has 3 rings (SSSR count). The summed E-state index contributed by atoms with van der Waals surface area (Å²) in [4.78, 5) is 16.4. The van der Waals surface area contributed by atoms with Gasteiger partial charge in [-0.3, -0.25) is 4.79 Å². The summed E-state index contributed by atoms with van der Waals surface area (Å²) in [6.07, 6.45) is 1.57. The number of thioether (sulfide) groups is 1. The highest BCUT2D eigenvalue weighted by Gasteiger charge is 2.11. The molecule has 1 amide bonds. The van der Waals surface area contributed by atoms with Gasteiger partial charge in [-0.15, -0.1) is 0 Å². The third-order valence-electron chi connectivity index (χ3n) is 3.43. The number of amides is 1. The molecule has 0 saturated heterocycles. The van der Waals surface area contributed by atoms with Gasteiger partial charge in [0.1, 0.15) is 5.82 Å². The predicted molar refractivity (Wildman–Crippen MR) is 102 cm³/mol. The minimum atomic E-state index is -0.116. The Labute approximate surface area is 155 Å². The van der Waals surface area contributed by atoms with E-state index in [1.54, 1.807) is 23.0 Å². The second-order valence-corrected chi connectivity index (χ2v) is 7.00. The van der Waals surface area contributed by atoms with Crippen LogP contribution in [0, 0.1) is 13.8 Å². The molecule has 2 aromatic heterocycles. The van der Waals surface area contributed by atoms with Crippen LogP contribution in [0.3, 0.4) is 0 Å². The van der Waals surface area contributed by atoms with E-state index in [0.717, 1.165) is 16.4 Å². The van der Waals surface area contributed by atoms with Crippen molar-refractivity contribution < 1.29 is 4.79 Å². The Morgan fingerprint density at radius 3 is 2.64 bits per heavy atom. The molecule has 128 valence electrons. The number of benzene rings is 1. The second-order valence-electron chi connectivity index (χ2n) is 5.57. The lowest BCUT2D eigenvalue weighted by atomic mass is 10.2. The van der Waals surface area contributed by atoms with Crippen molar-refractivity contribution in [3.05, 3.63) is 64.9 Å². The zero-order valence-electron chi connectivity index (χ0n) is 13.9. The minimum Gasteiger partial charge on any atom is -0.310 e. The minimum absolute atomic E-state index is 0.116. The Kier molecular flexibility index (Phi) is 5.40. The second kappa shape index (κ2) is 7.72. The molecule has 1 N–H and O–H groups in total. The van der Waals surface area contributed by atoms with Gasteiger partial charge in [-0.05, 0) is 38.1 Å². The zero-order valence-corrected chi connectivity index (χ0v) is 15.4. The van der Waals surface area contributed by atoms with Crippen molar-refractivity contribution >= 4 is 35.1 Å². The third kappa shape index (κ3) is 4.61. The van der Waals surface area contributed by atoms with Gasteiger partial charge in [0.2, 0.25) is 5.91 Å². The molecule has 0 radical (unpaired) electrons. The topological polar surface area (TPSA) is 59.8 Å². The Hall–Kier alpha value is -2.31. The van der Waals surface area contributed by atoms with Gasteiger partial charge < -0.3 is 5.32 Å². The number of rotatable bonds is 5. The van der Waals surface area contributed by atoms with Gasteiger partial charge in [0.05, 0.1) is 27.2 Å². The molecule has 1 aromatic carbocycles. The van der Waals surface area contributed by atoms with Crippen LogP contribution in [-0.4, -0.2) is 26.4 Å². The fourth-order valence-electron chi connectivity index (χ4n) is 2.24. The van der Waals surface area contributed by atoms with E-state index >= 15 is 0 Å². The molecule has 7 heteroatoms. The quantitative estimate of drug-likeness (QED) is 0.679.